The van der Waals surface area contributed by atoms with Crippen LogP contribution in [0.15, 0.2) is 82.8 Å². The topological polar surface area (TPSA) is 80.0 Å². The number of hydrogen-bond acceptors (Lipinski definition) is 5. The Morgan fingerprint density at radius 2 is 1.85 bits per heavy atom. The molecule has 0 saturated heterocycles. The van der Waals surface area contributed by atoms with Crippen molar-refractivity contribution < 1.29 is 9.90 Å². The van der Waals surface area contributed by atoms with Crippen LogP contribution in [0.1, 0.15) is 17.3 Å². The summed E-state index contributed by atoms with van der Waals surface area (Å²) in [6.45, 7) is 1.64. The normalized spacial score (nSPS) is 11.9. The molecule has 2 aromatic carbocycles. The lowest BCUT2D eigenvalue weighted by Gasteiger charge is -2.11. The molecule has 168 valence electrons. The van der Waals surface area contributed by atoms with Gasteiger partial charge in [-0.25, -0.2) is 4.98 Å². The van der Waals surface area contributed by atoms with Gasteiger partial charge in [0.15, 0.2) is 5.82 Å². The first-order valence-corrected chi connectivity index (χ1v) is 11.6. The van der Waals surface area contributed by atoms with Crippen LogP contribution in [0.2, 0.25) is 5.02 Å². The van der Waals surface area contributed by atoms with Crippen molar-refractivity contribution in [2.75, 3.05) is 6.61 Å². The molecular formula is C25H23ClN4O2S. The van der Waals surface area contributed by atoms with Gasteiger partial charge < -0.3 is 15.0 Å². The molecule has 0 bridgehead atoms. The number of amides is 1. The van der Waals surface area contributed by atoms with E-state index in [-0.39, 0.29) is 18.6 Å². The number of aliphatic hydroxyl groups is 1. The van der Waals surface area contributed by atoms with E-state index in [2.05, 4.69) is 10.3 Å². The molecule has 0 aliphatic heterocycles. The van der Waals surface area contributed by atoms with E-state index in [0.29, 0.717) is 10.6 Å². The Hall–Kier alpha value is -3.13. The van der Waals surface area contributed by atoms with Crippen molar-refractivity contribution >= 4 is 29.3 Å². The summed E-state index contributed by atoms with van der Waals surface area (Å²) in [6, 6.07) is 20.4. The van der Waals surface area contributed by atoms with Crippen LogP contribution in [0.4, 0.5) is 0 Å². The van der Waals surface area contributed by atoms with Gasteiger partial charge in [0, 0.05) is 40.3 Å². The zero-order chi connectivity index (χ0) is 23.4. The van der Waals surface area contributed by atoms with Crippen LogP contribution >= 0.6 is 23.4 Å². The van der Waals surface area contributed by atoms with Crippen molar-refractivity contribution in [1.29, 1.82) is 0 Å². The fourth-order valence-electron chi connectivity index (χ4n) is 3.26. The van der Waals surface area contributed by atoms with Crippen LogP contribution in [0.3, 0.4) is 0 Å². The van der Waals surface area contributed by atoms with Crippen LogP contribution in [0, 0.1) is 0 Å². The number of benzene rings is 2. The third kappa shape index (κ3) is 5.27. The van der Waals surface area contributed by atoms with Crippen LogP contribution in [0.25, 0.3) is 22.8 Å². The van der Waals surface area contributed by atoms with Gasteiger partial charge in [0.1, 0.15) is 16.4 Å². The minimum atomic E-state index is -0.309. The van der Waals surface area contributed by atoms with Crippen molar-refractivity contribution in [3.63, 3.8) is 0 Å². The zero-order valence-corrected chi connectivity index (χ0v) is 19.8. The van der Waals surface area contributed by atoms with Crippen LogP contribution in [-0.4, -0.2) is 38.2 Å². The van der Waals surface area contributed by atoms with Crippen molar-refractivity contribution in [3.05, 3.63) is 83.5 Å². The molecule has 0 spiro atoms. The summed E-state index contributed by atoms with van der Waals surface area (Å²) in [7, 11) is 1.97. The maximum atomic E-state index is 12.4. The van der Waals surface area contributed by atoms with Crippen molar-refractivity contribution in [2.24, 2.45) is 7.05 Å². The number of rotatable bonds is 7. The molecular weight excluding hydrogens is 456 g/mol. The molecule has 0 fully saturated rings. The lowest BCUT2D eigenvalue weighted by Crippen LogP contribution is -2.34. The SMILES string of the molecule is CC(CO)NC(=O)c1ccc(-c2nc(-c3ccccn3)n(C)c2Sc2ccc(Cl)cc2)cc1. The number of nitrogens with zero attached hydrogens (tertiary/aromatic N) is 3. The number of aliphatic hydroxyl groups excluding tert-OH is 1. The quantitative estimate of drug-likeness (QED) is 0.388. The van der Waals surface area contributed by atoms with Gasteiger partial charge in [-0.1, -0.05) is 41.6 Å². The average Bonchev–Trinajstić information content (AvgIpc) is 3.17. The number of carbonyl (C=O) groups excluding carboxylic acids is 1. The maximum Gasteiger partial charge on any atom is 0.251 e. The van der Waals surface area contributed by atoms with E-state index in [1.165, 1.54) is 0 Å². The molecule has 6 nitrogen and oxygen atoms in total. The van der Waals surface area contributed by atoms with E-state index in [4.69, 9.17) is 16.6 Å². The first-order valence-electron chi connectivity index (χ1n) is 10.4. The second-order valence-corrected chi connectivity index (χ2v) is 9.05. The van der Waals surface area contributed by atoms with Gasteiger partial charge in [-0.3, -0.25) is 9.78 Å². The number of nitrogens with one attached hydrogen (secondary N) is 1. The fraction of sp³-hybridized carbons (Fsp3) is 0.160. The van der Waals surface area contributed by atoms with E-state index >= 15 is 0 Å². The van der Waals surface area contributed by atoms with Crippen LogP contribution in [0.5, 0.6) is 0 Å². The molecule has 4 rings (SSSR count). The number of pyridine rings is 1. The largest absolute Gasteiger partial charge is 0.394 e. The summed E-state index contributed by atoms with van der Waals surface area (Å²) < 4.78 is 2.03. The lowest BCUT2D eigenvalue weighted by atomic mass is 10.1. The number of aromatic nitrogens is 3. The summed E-state index contributed by atoms with van der Waals surface area (Å²) in [5.74, 6) is 0.523. The van der Waals surface area contributed by atoms with Crippen molar-refractivity contribution in [1.82, 2.24) is 19.9 Å². The molecule has 1 atom stereocenters. The first kappa shape index (κ1) is 23.0. The molecule has 0 saturated carbocycles. The van der Waals surface area contributed by atoms with E-state index in [1.54, 1.807) is 37.0 Å². The first-order chi connectivity index (χ1) is 16.0. The standard InChI is InChI=1S/C25H23ClN4O2S/c1-16(15-31)28-24(32)18-8-6-17(7-9-18)22-25(33-20-12-10-19(26)11-13-20)30(2)23(29-22)21-5-3-4-14-27-21/h3-14,16,31H,15H2,1-2H3,(H,28,32). The third-order valence-corrected chi connectivity index (χ3v) is 6.46. The maximum absolute atomic E-state index is 12.4. The number of halogens is 1. The molecule has 2 heterocycles. The van der Waals surface area contributed by atoms with E-state index in [9.17, 15) is 9.90 Å². The molecule has 0 radical (unpaired) electrons. The van der Waals surface area contributed by atoms with E-state index < -0.39 is 0 Å². The highest BCUT2D eigenvalue weighted by atomic mass is 35.5. The predicted octanol–water partition coefficient (Wildman–Crippen LogP) is 5.06. The van der Waals surface area contributed by atoms with E-state index in [0.717, 1.165) is 32.7 Å². The summed E-state index contributed by atoms with van der Waals surface area (Å²) >= 11 is 7.65. The monoisotopic (exact) mass is 478 g/mol. The van der Waals surface area contributed by atoms with Gasteiger partial charge in [0.2, 0.25) is 0 Å². The highest BCUT2D eigenvalue weighted by molar-refractivity contribution is 7.99. The molecule has 4 aromatic rings. The Balaban J connectivity index is 1.73. The second kappa shape index (κ2) is 10.2. The number of imidazole rings is 1. The highest BCUT2D eigenvalue weighted by Gasteiger charge is 2.20. The number of hydrogen-bond donors (Lipinski definition) is 2. The van der Waals surface area contributed by atoms with Gasteiger partial charge in [0.05, 0.1) is 6.61 Å². The fourth-order valence-corrected chi connectivity index (χ4v) is 4.36. The van der Waals surface area contributed by atoms with Crippen molar-refractivity contribution in [3.8, 4) is 22.8 Å². The number of carbonyl (C=O) groups is 1. The van der Waals surface area contributed by atoms with Crippen molar-refractivity contribution in [2.45, 2.75) is 22.9 Å². The summed E-state index contributed by atoms with van der Waals surface area (Å²) in [5.41, 5.74) is 2.98. The Kier molecular flexibility index (Phi) is 7.13. The Morgan fingerprint density at radius 3 is 2.48 bits per heavy atom. The van der Waals surface area contributed by atoms with Crippen LogP contribution < -0.4 is 5.32 Å². The smallest absolute Gasteiger partial charge is 0.251 e. The van der Waals surface area contributed by atoms with Gasteiger partial charge in [-0.15, -0.1) is 0 Å². The van der Waals surface area contributed by atoms with E-state index in [1.807, 2.05) is 66.2 Å². The third-order valence-electron chi connectivity index (χ3n) is 5.04. The molecule has 0 aliphatic carbocycles. The van der Waals surface area contributed by atoms with Gasteiger partial charge in [-0.05, 0) is 55.5 Å². The highest BCUT2D eigenvalue weighted by Crippen LogP contribution is 2.38. The van der Waals surface area contributed by atoms with Gasteiger partial charge >= 0.3 is 0 Å². The molecule has 0 aliphatic rings. The van der Waals surface area contributed by atoms with Gasteiger partial charge in [-0.2, -0.15) is 0 Å². The summed E-state index contributed by atoms with van der Waals surface area (Å²) in [6.07, 6.45) is 1.75. The molecule has 33 heavy (non-hydrogen) atoms. The summed E-state index contributed by atoms with van der Waals surface area (Å²) in [4.78, 5) is 22.8. The zero-order valence-electron chi connectivity index (χ0n) is 18.2. The Morgan fingerprint density at radius 1 is 1.12 bits per heavy atom. The minimum Gasteiger partial charge on any atom is -0.394 e. The minimum absolute atomic E-state index is 0.112. The molecule has 1 amide bonds. The molecule has 8 heteroatoms. The second-order valence-electron chi connectivity index (χ2n) is 7.55. The lowest BCUT2D eigenvalue weighted by molar-refractivity contribution is 0.0922. The summed E-state index contributed by atoms with van der Waals surface area (Å²) in [5, 5.41) is 13.6. The van der Waals surface area contributed by atoms with Gasteiger partial charge in [0.25, 0.3) is 5.91 Å². The van der Waals surface area contributed by atoms with Crippen LogP contribution in [-0.2, 0) is 7.05 Å². The molecule has 1 unspecified atom stereocenters. The Bertz CT molecular complexity index is 1240. The predicted molar refractivity (Wildman–Crippen MR) is 131 cm³/mol. The Labute approximate surface area is 201 Å². The average molecular weight is 479 g/mol. The molecule has 2 N–H and O–H groups in total. The molecule has 2 aromatic heterocycles.